The second-order valence-electron chi connectivity index (χ2n) is 10.1. The maximum absolute atomic E-state index is 13.6. The summed E-state index contributed by atoms with van der Waals surface area (Å²) < 4.78 is 40.9. The predicted molar refractivity (Wildman–Crippen MR) is 142 cm³/mol. The molecule has 2 fully saturated rings. The number of amides is 1. The molecule has 0 radical (unpaired) electrons. The quantitative estimate of drug-likeness (QED) is 0.435. The van der Waals surface area contributed by atoms with Crippen LogP contribution in [-0.4, -0.2) is 68.7 Å². The minimum atomic E-state index is -4.31. The lowest BCUT2D eigenvalue weighted by molar-refractivity contribution is -0.177. The second kappa shape index (κ2) is 11.6. The number of anilines is 2. The summed E-state index contributed by atoms with van der Waals surface area (Å²) in [6.07, 6.45) is 1.60. The smallest absolute Gasteiger partial charge is 0.404 e. The molecule has 2 aliphatic heterocycles. The molecule has 2 saturated heterocycles. The first-order valence-electron chi connectivity index (χ1n) is 13.2. The number of hydrogen-bond acceptors (Lipinski definition) is 7. The van der Waals surface area contributed by atoms with Crippen LogP contribution in [0.25, 0.3) is 11.1 Å². The van der Waals surface area contributed by atoms with E-state index < -0.39 is 24.1 Å². The number of piperidine rings is 1. The van der Waals surface area contributed by atoms with Crippen molar-refractivity contribution in [3.8, 4) is 11.1 Å². The van der Waals surface area contributed by atoms with Gasteiger partial charge in [0.25, 0.3) is 5.91 Å². The van der Waals surface area contributed by atoms with Gasteiger partial charge in [0.1, 0.15) is 23.4 Å². The van der Waals surface area contributed by atoms with Crippen LogP contribution in [0, 0.1) is 5.92 Å². The largest absolute Gasteiger partial charge is 0.481 e. The molecule has 1 atom stereocenters. The molecule has 0 saturated carbocycles. The highest BCUT2D eigenvalue weighted by Crippen LogP contribution is 2.35. The SMILES string of the molecule is O=C(Nc1cc(CN2CCC[C@H]2C(F)(F)F)c(-c2ccccc2)cn1)c1cnc(N2CCC(C(=O)O)CC2)cn1. The highest BCUT2D eigenvalue weighted by Gasteiger charge is 2.45. The van der Waals surface area contributed by atoms with Crippen molar-refractivity contribution >= 4 is 23.5 Å². The zero-order chi connectivity index (χ0) is 28.3. The number of carbonyl (C=O) groups excluding carboxylic acids is 1. The van der Waals surface area contributed by atoms with E-state index in [4.69, 9.17) is 0 Å². The maximum Gasteiger partial charge on any atom is 0.404 e. The van der Waals surface area contributed by atoms with E-state index in [1.54, 1.807) is 12.3 Å². The normalized spacial score (nSPS) is 18.6. The summed E-state index contributed by atoms with van der Waals surface area (Å²) in [6.45, 7) is 1.46. The average Bonchev–Trinajstić information content (AvgIpc) is 3.43. The molecule has 9 nitrogen and oxygen atoms in total. The maximum atomic E-state index is 13.6. The lowest BCUT2D eigenvalue weighted by atomic mass is 9.97. The summed E-state index contributed by atoms with van der Waals surface area (Å²) in [4.78, 5) is 40.4. The van der Waals surface area contributed by atoms with Crippen LogP contribution in [-0.2, 0) is 11.3 Å². The first-order chi connectivity index (χ1) is 19.2. The van der Waals surface area contributed by atoms with E-state index in [-0.39, 0.29) is 30.4 Å². The summed E-state index contributed by atoms with van der Waals surface area (Å²) >= 11 is 0. The number of carboxylic acid groups (broad SMARTS) is 1. The molecular weight excluding hydrogens is 525 g/mol. The van der Waals surface area contributed by atoms with Crippen molar-refractivity contribution < 1.29 is 27.9 Å². The van der Waals surface area contributed by atoms with Crippen molar-refractivity contribution in [2.75, 3.05) is 29.9 Å². The second-order valence-corrected chi connectivity index (χ2v) is 10.1. The van der Waals surface area contributed by atoms with E-state index in [0.29, 0.717) is 55.8 Å². The van der Waals surface area contributed by atoms with Gasteiger partial charge in [-0.3, -0.25) is 14.5 Å². The fourth-order valence-electron chi connectivity index (χ4n) is 5.32. The molecule has 40 heavy (non-hydrogen) atoms. The molecule has 0 spiro atoms. The number of aliphatic carboxylic acids is 1. The Morgan fingerprint density at radius 1 is 0.975 bits per heavy atom. The molecule has 5 rings (SSSR count). The Balaban J connectivity index is 1.32. The van der Waals surface area contributed by atoms with Crippen molar-refractivity contribution in [1.29, 1.82) is 0 Å². The van der Waals surface area contributed by atoms with E-state index in [1.807, 2.05) is 35.2 Å². The van der Waals surface area contributed by atoms with Gasteiger partial charge in [-0.2, -0.15) is 13.2 Å². The zero-order valence-corrected chi connectivity index (χ0v) is 21.6. The number of pyridine rings is 1. The number of aromatic nitrogens is 3. The van der Waals surface area contributed by atoms with Crippen molar-refractivity contribution in [3.63, 3.8) is 0 Å². The van der Waals surface area contributed by atoms with Crippen LogP contribution in [0.15, 0.2) is 55.0 Å². The van der Waals surface area contributed by atoms with Crippen LogP contribution in [0.2, 0.25) is 0 Å². The molecule has 12 heteroatoms. The van der Waals surface area contributed by atoms with Crippen LogP contribution in [0.1, 0.15) is 41.7 Å². The molecule has 2 aliphatic rings. The lowest BCUT2D eigenvalue weighted by Crippen LogP contribution is -2.40. The number of nitrogens with one attached hydrogen (secondary N) is 1. The van der Waals surface area contributed by atoms with Gasteiger partial charge < -0.3 is 15.3 Å². The van der Waals surface area contributed by atoms with Crippen molar-refractivity contribution in [2.24, 2.45) is 5.92 Å². The number of carbonyl (C=O) groups is 2. The van der Waals surface area contributed by atoms with Gasteiger partial charge in [-0.05, 0) is 49.4 Å². The Bertz CT molecular complexity index is 1350. The summed E-state index contributed by atoms with van der Waals surface area (Å²) in [5.41, 5.74) is 2.19. The van der Waals surface area contributed by atoms with Crippen molar-refractivity contribution in [2.45, 2.75) is 44.4 Å². The van der Waals surface area contributed by atoms with E-state index in [2.05, 4.69) is 20.3 Å². The zero-order valence-electron chi connectivity index (χ0n) is 21.6. The molecule has 3 aromatic rings. The van der Waals surface area contributed by atoms with Gasteiger partial charge in [-0.1, -0.05) is 30.3 Å². The van der Waals surface area contributed by atoms with Gasteiger partial charge in [0.2, 0.25) is 0 Å². The third-order valence-electron chi connectivity index (χ3n) is 7.47. The Morgan fingerprint density at radius 3 is 2.38 bits per heavy atom. The Hall–Kier alpha value is -4.06. The minimum Gasteiger partial charge on any atom is -0.481 e. The third kappa shape index (κ3) is 6.22. The number of hydrogen-bond donors (Lipinski definition) is 2. The highest BCUT2D eigenvalue weighted by molar-refractivity contribution is 6.02. The van der Waals surface area contributed by atoms with Crippen LogP contribution < -0.4 is 10.2 Å². The Kier molecular flexibility index (Phi) is 7.97. The predicted octanol–water partition coefficient (Wildman–Crippen LogP) is 4.62. The van der Waals surface area contributed by atoms with Crippen molar-refractivity contribution in [3.05, 3.63) is 66.2 Å². The fraction of sp³-hybridized carbons (Fsp3) is 0.393. The molecule has 1 amide bonds. The van der Waals surface area contributed by atoms with Crippen LogP contribution in [0.5, 0.6) is 0 Å². The van der Waals surface area contributed by atoms with Gasteiger partial charge >= 0.3 is 12.1 Å². The summed E-state index contributed by atoms with van der Waals surface area (Å²) in [6, 6.07) is 9.39. The summed E-state index contributed by atoms with van der Waals surface area (Å²) in [7, 11) is 0. The number of halogens is 3. The third-order valence-corrected chi connectivity index (χ3v) is 7.47. The Morgan fingerprint density at radius 2 is 1.73 bits per heavy atom. The molecule has 4 heterocycles. The minimum absolute atomic E-state index is 0.0522. The molecule has 0 aliphatic carbocycles. The molecule has 1 aromatic carbocycles. The van der Waals surface area contributed by atoms with E-state index >= 15 is 0 Å². The number of rotatable bonds is 7. The van der Waals surface area contributed by atoms with Crippen LogP contribution in [0.3, 0.4) is 0 Å². The first-order valence-corrected chi connectivity index (χ1v) is 13.2. The molecule has 0 bridgehead atoms. The summed E-state index contributed by atoms with van der Waals surface area (Å²) in [5.74, 6) is -0.970. The van der Waals surface area contributed by atoms with Gasteiger partial charge in [0.05, 0.1) is 18.3 Å². The van der Waals surface area contributed by atoms with Crippen LogP contribution in [0.4, 0.5) is 24.8 Å². The van der Waals surface area contributed by atoms with Crippen LogP contribution >= 0.6 is 0 Å². The van der Waals surface area contributed by atoms with Gasteiger partial charge in [-0.25, -0.2) is 15.0 Å². The molecule has 210 valence electrons. The number of nitrogens with zero attached hydrogens (tertiary/aromatic N) is 5. The van der Waals surface area contributed by atoms with Gasteiger partial charge in [0.15, 0.2) is 0 Å². The fourth-order valence-corrected chi connectivity index (χ4v) is 5.32. The first kappa shape index (κ1) is 27.5. The van der Waals surface area contributed by atoms with Gasteiger partial charge in [0, 0.05) is 31.4 Å². The monoisotopic (exact) mass is 554 g/mol. The molecular formula is C28H29F3N6O3. The van der Waals surface area contributed by atoms with Crippen molar-refractivity contribution in [1.82, 2.24) is 19.9 Å². The number of alkyl halides is 3. The van der Waals surface area contributed by atoms with E-state index in [9.17, 15) is 27.9 Å². The number of likely N-dealkylation sites (tertiary alicyclic amines) is 1. The standard InChI is InChI=1S/C28H29F3N6O3/c29-28(30,31)23-7-4-10-37(23)17-20-13-24(33-14-21(20)18-5-2-1-3-6-18)35-26(38)22-15-34-25(16-32-22)36-11-8-19(9-12-36)27(39)40/h1-3,5-6,13-16,19,23H,4,7-12,17H2,(H,39,40)(H,33,35,38)/t23-/m0/s1. The van der Waals surface area contributed by atoms with E-state index in [0.717, 1.165) is 5.56 Å². The number of carboxylic acids is 1. The lowest BCUT2D eigenvalue weighted by Gasteiger charge is -2.30. The summed E-state index contributed by atoms with van der Waals surface area (Å²) in [5, 5.41) is 11.9. The van der Waals surface area contributed by atoms with Gasteiger partial charge in [-0.15, -0.1) is 0 Å². The Labute approximate surface area is 229 Å². The molecule has 0 unspecified atom stereocenters. The highest BCUT2D eigenvalue weighted by atomic mass is 19.4. The number of benzene rings is 1. The molecule has 2 N–H and O–H groups in total. The average molecular weight is 555 g/mol. The van der Waals surface area contributed by atoms with E-state index in [1.165, 1.54) is 17.3 Å². The molecule has 2 aromatic heterocycles. The topological polar surface area (TPSA) is 112 Å².